The highest BCUT2D eigenvalue weighted by Crippen LogP contribution is 2.38. The number of aliphatic carboxylic acids is 1. The van der Waals surface area contributed by atoms with Gasteiger partial charge in [-0.1, -0.05) is 0 Å². The molecule has 6 heteroatoms. The van der Waals surface area contributed by atoms with Crippen molar-refractivity contribution in [3.8, 4) is 0 Å². The Kier molecular flexibility index (Phi) is 3.52. The number of aromatic nitrogens is 2. The number of likely N-dealkylation sites (tertiary alicyclic amines) is 1. The number of imidazole rings is 1. The van der Waals surface area contributed by atoms with E-state index in [0.717, 1.165) is 44.7 Å². The Morgan fingerprint density at radius 1 is 1.65 bits per heavy atom. The Morgan fingerprint density at radius 2 is 2.50 bits per heavy atom. The second-order valence-corrected chi connectivity index (χ2v) is 6.03. The molecular weight excluding hydrogens is 256 g/mol. The predicted octanol–water partition coefficient (Wildman–Crippen LogP) is 0.449. The van der Waals surface area contributed by atoms with Crippen LogP contribution in [0.5, 0.6) is 0 Å². The molecule has 0 bridgehead atoms. The molecule has 0 aliphatic carbocycles. The van der Waals surface area contributed by atoms with Gasteiger partial charge in [0.1, 0.15) is 5.82 Å². The molecule has 2 aliphatic rings. The second kappa shape index (κ2) is 5.18. The van der Waals surface area contributed by atoms with Crippen LogP contribution in [0, 0.1) is 5.41 Å². The Hall–Kier alpha value is -1.40. The first-order valence-electron chi connectivity index (χ1n) is 7.27. The van der Waals surface area contributed by atoms with Crippen LogP contribution in [0.3, 0.4) is 0 Å². The summed E-state index contributed by atoms with van der Waals surface area (Å²) in [5.74, 6) is 0.340. The van der Waals surface area contributed by atoms with Crippen LogP contribution in [0.2, 0.25) is 0 Å². The highest BCUT2D eigenvalue weighted by Gasteiger charge is 2.50. The molecule has 0 spiro atoms. The lowest BCUT2D eigenvalue weighted by atomic mass is 9.70. The van der Waals surface area contributed by atoms with Crippen molar-refractivity contribution in [1.82, 2.24) is 19.8 Å². The van der Waals surface area contributed by atoms with Gasteiger partial charge in [-0.15, -0.1) is 0 Å². The van der Waals surface area contributed by atoms with Gasteiger partial charge in [0.15, 0.2) is 0 Å². The minimum Gasteiger partial charge on any atom is -0.481 e. The largest absolute Gasteiger partial charge is 0.481 e. The zero-order valence-electron chi connectivity index (χ0n) is 11.9. The molecule has 110 valence electrons. The minimum atomic E-state index is -0.653. The van der Waals surface area contributed by atoms with Crippen molar-refractivity contribution in [3.63, 3.8) is 0 Å². The molecule has 2 atom stereocenters. The summed E-state index contributed by atoms with van der Waals surface area (Å²) >= 11 is 0. The summed E-state index contributed by atoms with van der Waals surface area (Å²) in [6.45, 7) is 3.22. The maximum atomic E-state index is 11.8. The van der Waals surface area contributed by atoms with E-state index in [1.807, 2.05) is 17.8 Å². The van der Waals surface area contributed by atoms with Crippen LogP contribution >= 0.6 is 0 Å². The van der Waals surface area contributed by atoms with E-state index in [2.05, 4.69) is 15.2 Å². The zero-order chi connectivity index (χ0) is 14.2. The summed E-state index contributed by atoms with van der Waals surface area (Å²) in [6, 6.07) is 0.117. The zero-order valence-corrected chi connectivity index (χ0v) is 11.9. The van der Waals surface area contributed by atoms with Crippen molar-refractivity contribution in [3.05, 3.63) is 18.2 Å². The van der Waals surface area contributed by atoms with Crippen molar-refractivity contribution in [2.24, 2.45) is 12.5 Å². The first kappa shape index (κ1) is 13.6. The molecule has 20 heavy (non-hydrogen) atoms. The van der Waals surface area contributed by atoms with E-state index >= 15 is 0 Å². The topological polar surface area (TPSA) is 70.4 Å². The van der Waals surface area contributed by atoms with Crippen LogP contribution in [-0.2, 0) is 18.4 Å². The van der Waals surface area contributed by atoms with E-state index in [-0.39, 0.29) is 6.04 Å². The molecule has 2 aliphatic heterocycles. The summed E-state index contributed by atoms with van der Waals surface area (Å²) in [5.41, 5.74) is -0.623. The summed E-state index contributed by atoms with van der Waals surface area (Å²) in [7, 11) is 1.98. The van der Waals surface area contributed by atoms with E-state index in [9.17, 15) is 9.90 Å². The van der Waals surface area contributed by atoms with Crippen LogP contribution in [0.25, 0.3) is 0 Å². The van der Waals surface area contributed by atoms with Gasteiger partial charge < -0.3 is 15.0 Å². The lowest BCUT2D eigenvalue weighted by Crippen LogP contribution is -2.62. The minimum absolute atomic E-state index is 0.117. The smallest absolute Gasteiger partial charge is 0.312 e. The molecule has 0 radical (unpaired) electrons. The highest BCUT2D eigenvalue weighted by molar-refractivity contribution is 5.76. The van der Waals surface area contributed by atoms with Crippen LogP contribution in [-0.4, -0.2) is 51.2 Å². The highest BCUT2D eigenvalue weighted by atomic mass is 16.4. The molecular formula is C14H22N4O2. The van der Waals surface area contributed by atoms with Gasteiger partial charge in [0.25, 0.3) is 0 Å². The SMILES string of the molecule is Cn1ccnc1CN1CC[C@H]2NCCC[C@]2(C(=O)O)C1. The number of hydrogen-bond donors (Lipinski definition) is 2. The molecule has 0 saturated carbocycles. The first-order valence-corrected chi connectivity index (χ1v) is 7.27. The number of aryl methyl sites for hydroxylation is 1. The summed E-state index contributed by atoms with van der Waals surface area (Å²) in [5, 5.41) is 13.1. The maximum absolute atomic E-state index is 11.8. The number of carbonyl (C=O) groups is 1. The van der Waals surface area contributed by atoms with E-state index < -0.39 is 11.4 Å². The summed E-state index contributed by atoms with van der Waals surface area (Å²) < 4.78 is 2.00. The Balaban J connectivity index is 1.76. The molecule has 0 aromatic carbocycles. The van der Waals surface area contributed by atoms with Crippen molar-refractivity contribution < 1.29 is 9.90 Å². The van der Waals surface area contributed by atoms with Gasteiger partial charge >= 0.3 is 5.97 Å². The lowest BCUT2D eigenvalue weighted by Gasteiger charge is -2.48. The Morgan fingerprint density at radius 3 is 3.20 bits per heavy atom. The fraction of sp³-hybridized carbons (Fsp3) is 0.714. The third-order valence-electron chi connectivity index (χ3n) is 4.81. The van der Waals surface area contributed by atoms with Gasteiger partial charge in [-0.3, -0.25) is 9.69 Å². The molecule has 2 N–H and O–H groups in total. The Labute approximate surface area is 118 Å². The van der Waals surface area contributed by atoms with Gasteiger partial charge in [0, 0.05) is 38.6 Å². The number of hydrogen-bond acceptors (Lipinski definition) is 4. The van der Waals surface area contributed by atoms with Crippen molar-refractivity contribution in [1.29, 1.82) is 0 Å². The number of nitrogens with one attached hydrogen (secondary N) is 1. The molecule has 1 aromatic heterocycles. The molecule has 3 rings (SSSR count). The van der Waals surface area contributed by atoms with Gasteiger partial charge in [0.2, 0.25) is 0 Å². The van der Waals surface area contributed by atoms with Crippen LogP contribution in [0.1, 0.15) is 25.1 Å². The normalized spacial score (nSPS) is 30.9. The Bertz CT molecular complexity index is 501. The predicted molar refractivity (Wildman–Crippen MR) is 74.2 cm³/mol. The van der Waals surface area contributed by atoms with E-state index in [1.54, 1.807) is 6.20 Å². The third kappa shape index (κ3) is 2.23. The average molecular weight is 278 g/mol. The fourth-order valence-electron chi connectivity index (χ4n) is 3.61. The van der Waals surface area contributed by atoms with Crippen LogP contribution in [0.4, 0.5) is 0 Å². The number of rotatable bonds is 3. The van der Waals surface area contributed by atoms with Gasteiger partial charge in [-0.2, -0.15) is 0 Å². The number of carboxylic acid groups (broad SMARTS) is 1. The maximum Gasteiger partial charge on any atom is 0.312 e. The van der Waals surface area contributed by atoms with Gasteiger partial charge in [0.05, 0.1) is 12.0 Å². The number of nitrogens with zero attached hydrogens (tertiary/aromatic N) is 3. The standard InChI is InChI=1S/C14H22N4O2/c1-17-8-6-16-12(17)9-18-7-3-11-14(10-18,13(19)20)4-2-5-15-11/h6,8,11,15H,2-5,7,9-10H2,1H3,(H,19,20)/t11-,14+/m1/s1. The van der Waals surface area contributed by atoms with Crippen molar-refractivity contribution in [2.45, 2.75) is 31.8 Å². The van der Waals surface area contributed by atoms with E-state index in [4.69, 9.17) is 0 Å². The number of piperidine rings is 2. The van der Waals surface area contributed by atoms with Crippen LogP contribution in [0.15, 0.2) is 12.4 Å². The molecule has 1 aromatic rings. The van der Waals surface area contributed by atoms with Crippen LogP contribution < -0.4 is 5.32 Å². The molecule has 2 fully saturated rings. The monoisotopic (exact) mass is 278 g/mol. The van der Waals surface area contributed by atoms with E-state index in [0.29, 0.717) is 6.54 Å². The van der Waals surface area contributed by atoms with Crippen molar-refractivity contribution >= 4 is 5.97 Å². The van der Waals surface area contributed by atoms with Gasteiger partial charge in [-0.25, -0.2) is 4.98 Å². The molecule has 3 heterocycles. The molecule has 0 amide bonds. The van der Waals surface area contributed by atoms with Crippen molar-refractivity contribution in [2.75, 3.05) is 19.6 Å². The lowest BCUT2D eigenvalue weighted by molar-refractivity contribution is -0.157. The molecule has 2 saturated heterocycles. The summed E-state index contributed by atoms with van der Waals surface area (Å²) in [6.07, 6.45) is 6.33. The molecule has 0 unspecified atom stereocenters. The summed E-state index contributed by atoms with van der Waals surface area (Å²) in [4.78, 5) is 18.4. The quantitative estimate of drug-likeness (QED) is 0.840. The van der Waals surface area contributed by atoms with E-state index in [1.165, 1.54) is 0 Å². The number of fused-ring (bicyclic) bond motifs is 1. The molecule has 6 nitrogen and oxygen atoms in total. The first-order chi connectivity index (χ1) is 9.62. The third-order valence-corrected chi connectivity index (χ3v) is 4.81. The van der Waals surface area contributed by atoms with Gasteiger partial charge in [-0.05, 0) is 25.8 Å². The fourth-order valence-corrected chi connectivity index (χ4v) is 3.61. The average Bonchev–Trinajstić information content (AvgIpc) is 2.84. The number of carboxylic acids is 1. The second-order valence-electron chi connectivity index (χ2n) is 6.03.